The highest BCUT2D eigenvalue weighted by Crippen LogP contribution is 2.52. The zero-order chi connectivity index (χ0) is 12.3. The van der Waals surface area contributed by atoms with E-state index in [0.717, 1.165) is 0 Å². The fourth-order valence-corrected chi connectivity index (χ4v) is 3.09. The maximum Gasteiger partial charge on any atom is 0.0469 e. The molecular weight excluding hydrogens is 212 g/mol. The first kappa shape index (κ1) is 12.3. The molecule has 0 radical (unpaired) electrons. The zero-order valence-corrected chi connectivity index (χ0v) is 10.2. The van der Waals surface area contributed by atoms with Gasteiger partial charge in [-0.1, -0.05) is 42.5 Å². The van der Waals surface area contributed by atoms with E-state index in [0.29, 0.717) is 11.8 Å². The summed E-state index contributed by atoms with van der Waals surface area (Å²) in [7, 11) is 0. The van der Waals surface area contributed by atoms with Crippen molar-refractivity contribution in [2.45, 2.75) is 12.8 Å². The fraction of sp³-hybridized carbons (Fsp3) is 0.467. The van der Waals surface area contributed by atoms with Crippen molar-refractivity contribution in [1.29, 1.82) is 0 Å². The van der Waals surface area contributed by atoms with Crippen molar-refractivity contribution >= 4 is 0 Å². The van der Waals surface area contributed by atoms with Crippen molar-refractivity contribution in [3.05, 3.63) is 48.0 Å². The number of allylic oxidation sites excluding steroid dienone is 2. The van der Waals surface area contributed by atoms with Gasteiger partial charge in [-0.25, -0.2) is 0 Å². The highest BCUT2D eigenvalue weighted by atomic mass is 16.3. The molecule has 0 amide bonds. The highest BCUT2D eigenvalue weighted by molar-refractivity contribution is 5.28. The Morgan fingerprint density at radius 1 is 1.06 bits per heavy atom. The largest absolute Gasteiger partial charge is 0.396 e. The van der Waals surface area contributed by atoms with Crippen LogP contribution < -0.4 is 0 Å². The third kappa shape index (κ3) is 2.15. The van der Waals surface area contributed by atoms with Crippen LogP contribution in [0.15, 0.2) is 42.5 Å². The van der Waals surface area contributed by atoms with E-state index < -0.39 is 0 Å². The summed E-state index contributed by atoms with van der Waals surface area (Å²) in [5, 5.41) is 18.9. The van der Waals surface area contributed by atoms with Gasteiger partial charge in [0, 0.05) is 13.2 Å². The molecule has 2 heteroatoms. The van der Waals surface area contributed by atoms with Crippen molar-refractivity contribution in [3.63, 3.8) is 0 Å². The zero-order valence-electron chi connectivity index (χ0n) is 10.2. The lowest BCUT2D eigenvalue weighted by Gasteiger charge is -2.50. The summed E-state index contributed by atoms with van der Waals surface area (Å²) in [6, 6.07) is 10.3. The van der Waals surface area contributed by atoms with E-state index in [1.54, 1.807) is 0 Å². The van der Waals surface area contributed by atoms with E-state index in [2.05, 4.69) is 18.2 Å². The predicted octanol–water partition coefficient (Wildman–Crippen LogP) is 2.19. The molecule has 92 valence electrons. The third-order valence-electron chi connectivity index (χ3n) is 3.94. The molecule has 0 unspecified atom stereocenters. The lowest BCUT2D eigenvalue weighted by Crippen LogP contribution is -2.47. The molecule has 1 aliphatic carbocycles. The van der Waals surface area contributed by atoms with Gasteiger partial charge in [0.2, 0.25) is 0 Å². The molecule has 1 aromatic carbocycles. The summed E-state index contributed by atoms with van der Waals surface area (Å²) in [6.45, 7) is 2.31. The molecule has 4 atom stereocenters. The summed E-state index contributed by atoms with van der Waals surface area (Å²) >= 11 is 0. The van der Waals surface area contributed by atoms with Crippen LogP contribution in [0.5, 0.6) is 0 Å². The van der Waals surface area contributed by atoms with Crippen molar-refractivity contribution in [1.82, 2.24) is 0 Å². The first-order chi connectivity index (χ1) is 8.33. The Bertz CT molecular complexity index is 372. The molecule has 0 aliphatic heterocycles. The second-order valence-corrected chi connectivity index (χ2v) is 4.73. The van der Waals surface area contributed by atoms with E-state index in [4.69, 9.17) is 0 Å². The van der Waals surface area contributed by atoms with E-state index in [-0.39, 0.29) is 25.0 Å². The summed E-state index contributed by atoms with van der Waals surface area (Å²) in [5.74, 6) is 1.07. The molecule has 17 heavy (non-hydrogen) atoms. The topological polar surface area (TPSA) is 40.5 Å². The van der Waals surface area contributed by atoms with Gasteiger partial charge in [0.25, 0.3) is 0 Å². The maximum absolute atomic E-state index is 9.47. The monoisotopic (exact) mass is 232 g/mol. The maximum atomic E-state index is 9.47. The first-order valence-electron chi connectivity index (χ1n) is 6.23. The smallest absolute Gasteiger partial charge is 0.0469 e. The van der Waals surface area contributed by atoms with Crippen LogP contribution in [0, 0.1) is 17.8 Å². The second kappa shape index (κ2) is 5.48. The standard InChI is InChI=1S/C15H20O2/c1-2-6-12-13(9-16)14(10-17)15(12)11-7-4-3-5-8-11/h2-8,12-17H,9-10H2,1H3/b6-2+/t12-,13-,14-,15-/m0/s1. The minimum Gasteiger partial charge on any atom is -0.396 e. The van der Waals surface area contributed by atoms with Gasteiger partial charge in [0.15, 0.2) is 0 Å². The van der Waals surface area contributed by atoms with Crippen LogP contribution in [0.1, 0.15) is 18.4 Å². The van der Waals surface area contributed by atoms with Crippen LogP contribution in [0.2, 0.25) is 0 Å². The molecule has 2 nitrogen and oxygen atoms in total. The molecule has 0 heterocycles. The molecule has 2 N–H and O–H groups in total. The summed E-state index contributed by atoms with van der Waals surface area (Å²) in [5.41, 5.74) is 1.26. The molecule has 1 fully saturated rings. The minimum absolute atomic E-state index is 0.152. The molecule has 1 saturated carbocycles. The fourth-order valence-electron chi connectivity index (χ4n) is 3.09. The predicted molar refractivity (Wildman–Crippen MR) is 68.6 cm³/mol. The Labute approximate surface area is 103 Å². The van der Waals surface area contributed by atoms with Gasteiger partial charge in [-0.15, -0.1) is 0 Å². The number of benzene rings is 1. The lowest BCUT2D eigenvalue weighted by atomic mass is 9.55. The number of aliphatic hydroxyl groups excluding tert-OH is 2. The average Bonchev–Trinajstić information content (AvgIpc) is 2.36. The van der Waals surface area contributed by atoms with Gasteiger partial charge in [-0.3, -0.25) is 0 Å². The van der Waals surface area contributed by atoms with Crippen LogP contribution >= 0.6 is 0 Å². The SMILES string of the molecule is C/C=C/[C@H]1[C@H](CO)[C@H](CO)[C@H]1c1ccccc1. The van der Waals surface area contributed by atoms with Crippen molar-refractivity contribution in [2.24, 2.45) is 17.8 Å². The van der Waals surface area contributed by atoms with Gasteiger partial charge in [-0.2, -0.15) is 0 Å². The molecule has 0 saturated heterocycles. The number of hydrogen-bond acceptors (Lipinski definition) is 2. The molecule has 2 rings (SSSR count). The molecule has 0 spiro atoms. The molecule has 1 aliphatic rings. The van der Waals surface area contributed by atoms with Crippen LogP contribution in [0.3, 0.4) is 0 Å². The first-order valence-corrected chi connectivity index (χ1v) is 6.23. The molecular formula is C15H20O2. The van der Waals surface area contributed by atoms with Gasteiger partial charge < -0.3 is 10.2 Å². The van der Waals surface area contributed by atoms with Crippen LogP contribution in [-0.2, 0) is 0 Å². The third-order valence-corrected chi connectivity index (χ3v) is 3.94. The van der Waals surface area contributed by atoms with Gasteiger partial charge in [0.05, 0.1) is 0 Å². The van der Waals surface area contributed by atoms with Gasteiger partial charge in [-0.05, 0) is 36.2 Å². The van der Waals surface area contributed by atoms with Gasteiger partial charge >= 0.3 is 0 Å². The minimum atomic E-state index is 0.152. The summed E-state index contributed by atoms with van der Waals surface area (Å²) < 4.78 is 0. The second-order valence-electron chi connectivity index (χ2n) is 4.73. The Morgan fingerprint density at radius 2 is 1.71 bits per heavy atom. The van der Waals surface area contributed by atoms with E-state index >= 15 is 0 Å². The summed E-state index contributed by atoms with van der Waals surface area (Å²) in [4.78, 5) is 0. The van der Waals surface area contributed by atoms with Gasteiger partial charge in [0.1, 0.15) is 0 Å². The number of aliphatic hydroxyl groups is 2. The summed E-state index contributed by atoms with van der Waals surface area (Å²) in [6.07, 6.45) is 4.20. The normalized spacial score (nSPS) is 32.6. The van der Waals surface area contributed by atoms with E-state index in [9.17, 15) is 10.2 Å². The lowest BCUT2D eigenvalue weighted by molar-refractivity contribution is -0.0182. The van der Waals surface area contributed by atoms with Crippen molar-refractivity contribution < 1.29 is 10.2 Å². The van der Waals surface area contributed by atoms with Crippen LogP contribution in [0.25, 0.3) is 0 Å². The molecule has 1 aromatic rings. The van der Waals surface area contributed by atoms with Crippen LogP contribution in [-0.4, -0.2) is 23.4 Å². The Balaban J connectivity index is 2.24. The Kier molecular flexibility index (Phi) is 3.97. The molecule has 0 aromatic heterocycles. The van der Waals surface area contributed by atoms with E-state index in [1.165, 1.54) is 5.56 Å². The average molecular weight is 232 g/mol. The number of hydrogen-bond donors (Lipinski definition) is 2. The van der Waals surface area contributed by atoms with Crippen molar-refractivity contribution in [2.75, 3.05) is 13.2 Å². The van der Waals surface area contributed by atoms with E-state index in [1.807, 2.05) is 31.2 Å². The number of rotatable bonds is 4. The highest BCUT2D eigenvalue weighted by Gasteiger charge is 2.48. The van der Waals surface area contributed by atoms with Crippen molar-refractivity contribution in [3.8, 4) is 0 Å². The van der Waals surface area contributed by atoms with Crippen LogP contribution in [0.4, 0.5) is 0 Å². The Morgan fingerprint density at radius 3 is 2.24 bits per heavy atom. The Hall–Kier alpha value is -1.12. The quantitative estimate of drug-likeness (QED) is 0.781. The molecule has 0 bridgehead atoms.